The van der Waals surface area contributed by atoms with Crippen LogP contribution in [0, 0.1) is 5.92 Å². The molecule has 104 valence electrons. The first-order valence-corrected chi connectivity index (χ1v) is 7.61. The minimum atomic E-state index is 0.468. The van der Waals surface area contributed by atoms with Gasteiger partial charge in [-0.15, -0.1) is 0 Å². The van der Waals surface area contributed by atoms with Crippen LogP contribution >= 0.6 is 11.6 Å². The second kappa shape index (κ2) is 6.16. The maximum Gasteiger partial charge on any atom is 0.147 e. The van der Waals surface area contributed by atoms with Crippen LogP contribution < -0.4 is 5.32 Å². The average Bonchev–Trinajstić information content (AvgIpc) is 2.96. The molecule has 1 aromatic heterocycles. The zero-order valence-electron chi connectivity index (χ0n) is 11.2. The fourth-order valence-electron chi connectivity index (χ4n) is 3.33. The van der Waals surface area contributed by atoms with Crippen molar-refractivity contribution < 1.29 is 0 Å². The molecule has 2 aliphatic heterocycles. The van der Waals surface area contributed by atoms with E-state index in [2.05, 4.69) is 20.2 Å². The van der Waals surface area contributed by atoms with E-state index in [1.165, 1.54) is 45.3 Å². The number of likely N-dealkylation sites (tertiary alicyclic amines) is 1. The Morgan fingerprint density at radius 1 is 1.26 bits per heavy atom. The predicted molar refractivity (Wildman–Crippen MR) is 76.1 cm³/mol. The molecular weight excluding hydrogens is 260 g/mol. The summed E-state index contributed by atoms with van der Waals surface area (Å²) in [5, 5.41) is 4.11. The largest absolute Gasteiger partial charge is 0.314 e. The maximum absolute atomic E-state index is 5.77. The van der Waals surface area contributed by atoms with Crippen molar-refractivity contribution in [2.24, 2.45) is 5.92 Å². The van der Waals surface area contributed by atoms with Crippen LogP contribution in [0.1, 0.15) is 31.4 Å². The molecule has 3 rings (SSSR count). The summed E-state index contributed by atoms with van der Waals surface area (Å²) < 4.78 is 0. The average molecular weight is 281 g/mol. The van der Waals surface area contributed by atoms with E-state index in [0.717, 1.165) is 24.2 Å². The molecule has 0 spiro atoms. The maximum atomic E-state index is 5.77. The van der Waals surface area contributed by atoms with Gasteiger partial charge in [0.1, 0.15) is 5.15 Å². The Morgan fingerprint density at radius 3 is 2.95 bits per heavy atom. The van der Waals surface area contributed by atoms with Gasteiger partial charge in [-0.2, -0.15) is 0 Å². The summed E-state index contributed by atoms with van der Waals surface area (Å²) >= 11 is 5.77. The lowest BCUT2D eigenvalue weighted by Gasteiger charge is -2.35. The van der Waals surface area contributed by atoms with Crippen LogP contribution in [0.5, 0.6) is 0 Å². The molecular formula is C14H21ClN4. The number of rotatable bonds is 3. The zero-order chi connectivity index (χ0) is 13.1. The molecule has 0 aliphatic carbocycles. The Balaban J connectivity index is 1.57. The molecule has 0 aromatic carbocycles. The van der Waals surface area contributed by atoms with Gasteiger partial charge in [0.2, 0.25) is 0 Å². The van der Waals surface area contributed by atoms with Crippen LogP contribution in [-0.2, 0) is 6.54 Å². The highest BCUT2D eigenvalue weighted by atomic mass is 35.5. The number of halogens is 1. The van der Waals surface area contributed by atoms with E-state index in [4.69, 9.17) is 11.6 Å². The number of nitrogens with one attached hydrogen (secondary N) is 1. The molecule has 0 radical (unpaired) electrons. The third-order valence-corrected chi connectivity index (χ3v) is 4.46. The molecule has 1 aromatic rings. The third-order valence-electron chi connectivity index (χ3n) is 4.27. The minimum absolute atomic E-state index is 0.468. The standard InChI is InChI=1S/C14H21ClN4/c15-14-8-17-12(7-18-14)10-19-6-2-3-11(9-19)13-4-1-5-16-13/h7-8,11,13,16H,1-6,9-10H2. The fourth-order valence-corrected chi connectivity index (χ4v) is 3.42. The fraction of sp³-hybridized carbons (Fsp3) is 0.714. The lowest BCUT2D eigenvalue weighted by atomic mass is 9.90. The lowest BCUT2D eigenvalue weighted by molar-refractivity contribution is 0.144. The number of aromatic nitrogens is 2. The molecule has 0 amide bonds. The highest BCUT2D eigenvalue weighted by Crippen LogP contribution is 2.25. The summed E-state index contributed by atoms with van der Waals surface area (Å²) in [4.78, 5) is 11.0. The number of piperidine rings is 1. The van der Waals surface area contributed by atoms with Crippen molar-refractivity contribution >= 4 is 11.6 Å². The molecule has 1 N–H and O–H groups in total. The van der Waals surface area contributed by atoms with Crippen LogP contribution in [0.4, 0.5) is 0 Å². The second-order valence-corrected chi connectivity index (χ2v) is 6.06. The first-order valence-electron chi connectivity index (χ1n) is 7.23. The Bertz CT molecular complexity index is 402. The van der Waals surface area contributed by atoms with Gasteiger partial charge in [-0.1, -0.05) is 11.6 Å². The van der Waals surface area contributed by atoms with E-state index in [1.54, 1.807) is 12.4 Å². The monoisotopic (exact) mass is 280 g/mol. The van der Waals surface area contributed by atoms with Crippen molar-refractivity contribution in [2.45, 2.75) is 38.3 Å². The van der Waals surface area contributed by atoms with E-state index >= 15 is 0 Å². The molecule has 0 bridgehead atoms. The summed E-state index contributed by atoms with van der Waals surface area (Å²) in [5.74, 6) is 0.802. The van der Waals surface area contributed by atoms with Gasteiger partial charge in [-0.05, 0) is 44.7 Å². The van der Waals surface area contributed by atoms with Crippen molar-refractivity contribution in [1.29, 1.82) is 0 Å². The van der Waals surface area contributed by atoms with Gasteiger partial charge in [-0.3, -0.25) is 9.88 Å². The molecule has 4 nitrogen and oxygen atoms in total. The van der Waals surface area contributed by atoms with Crippen LogP contribution in [0.25, 0.3) is 0 Å². The van der Waals surface area contributed by atoms with Crippen molar-refractivity contribution in [3.63, 3.8) is 0 Å². The molecule has 2 fully saturated rings. The van der Waals surface area contributed by atoms with E-state index in [-0.39, 0.29) is 0 Å². The van der Waals surface area contributed by atoms with E-state index in [1.807, 2.05) is 0 Å². The van der Waals surface area contributed by atoms with Crippen LogP contribution in [0.2, 0.25) is 5.15 Å². The van der Waals surface area contributed by atoms with Crippen LogP contribution in [0.15, 0.2) is 12.4 Å². The zero-order valence-corrected chi connectivity index (χ0v) is 11.9. The molecule has 2 aliphatic rings. The number of nitrogens with zero attached hydrogens (tertiary/aromatic N) is 3. The minimum Gasteiger partial charge on any atom is -0.314 e. The first-order chi connectivity index (χ1) is 9.31. The summed E-state index contributed by atoms with van der Waals surface area (Å²) in [6.45, 7) is 4.45. The van der Waals surface area contributed by atoms with Crippen molar-refractivity contribution in [3.05, 3.63) is 23.2 Å². The van der Waals surface area contributed by atoms with Crippen molar-refractivity contribution in [1.82, 2.24) is 20.2 Å². The predicted octanol–water partition coefficient (Wildman–Crippen LogP) is 2.09. The summed E-state index contributed by atoms with van der Waals surface area (Å²) in [5.41, 5.74) is 1.02. The summed E-state index contributed by atoms with van der Waals surface area (Å²) in [7, 11) is 0. The molecule has 0 saturated carbocycles. The first kappa shape index (κ1) is 13.3. The smallest absolute Gasteiger partial charge is 0.147 e. The normalized spacial score (nSPS) is 28.7. The second-order valence-electron chi connectivity index (χ2n) is 5.67. The van der Waals surface area contributed by atoms with Gasteiger partial charge in [0.05, 0.1) is 18.1 Å². The topological polar surface area (TPSA) is 41.1 Å². The Kier molecular flexibility index (Phi) is 4.31. The van der Waals surface area contributed by atoms with Gasteiger partial charge in [0.25, 0.3) is 0 Å². The molecule has 2 unspecified atom stereocenters. The molecule has 19 heavy (non-hydrogen) atoms. The summed E-state index contributed by atoms with van der Waals surface area (Å²) in [6, 6.07) is 0.735. The van der Waals surface area contributed by atoms with Gasteiger partial charge in [-0.25, -0.2) is 4.98 Å². The van der Waals surface area contributed by atoms with Crippen LogP contribution in [-0.4, -0.2) is 40.5 Å². The molecule has 5 heteroatoms. The van der Waals surface area contributed by atoms with Gasteiger partial charge < -0.3 is 5.32 Å². The number of hydrogen-bond donors (Lipinski definition) is 1. The molecule has 3 heterocycles. The van der Waals surface area contributed by atoms with Crippen molar-refractivity contribution in [2.75, 3.05) is 19.6 Å². The van der Waals surface area contributed by atoms with Crippen molar-refractivity contribution in [3.8, 4) is 0 Å². The Morgan fingerprint density at radius 2 is 2.21 bits per heavy atom. The Labute approximate surface area is 119 Å². The van der Waals surface area contributed by atoms with Crippen LogP contribution in [0.3, 0.4) is 0 Å². The van der Waals surface area contributed by atoms with E-state index in [0.29, 0.717) is 5.15 Å². The summed E-state index contributed by atoms with van der Waals surface area (Å²) in [6.07, 6.45) is 8.77. The van der Waals surface area contributed by atoms with Gasteiger partial charge in [0.15, 0.2) is 0 Å². The number of hydrogen-bond acceptors (Lipinski definition) is 4. The van der Waals surface area contributed by atoms with E-state index < -0.39 is 0 Å². The highest BCUT2D eigenvalue weighted by Gasteiger charge is 2.28. The molecule has 2 atom stereocenters. The van der Waals surface area contributed by atoms with Gasteiger partial charge >= 0.3 is 0 Å². The Hall–Kier alpha value is -0.710. The van der Waals surface area contributed by atoms with Gasteiger partial charge in [0, 0.05) is 19.1 Å². The molecule has 2 saturated heterocycles. The third kappa shape index (κ3) is 3.44. The lowest BCUT2D eigenvalue weighted by Crippen LogP contribution is -2.43. The SMILES string of the molecule is Clc1cnc(CN2CCCC(C3CCCN3)C2)cn1. The highest BCUT2D eigenvalue weighted by molar-refractivity contribution is 6.29. The van der Waals surface area contributed by atoms with E-state index in [9.17, 15) is 0 Å². The quantitative estimate of drug-likeness (QED) is 0.921.